The van der Waals surface area contributed by atoms with Gasteiger partial charge in [0, 0.05) is 32.5 Å². The molecule has 204 valence electrons. The molecule has 0 radical (unpaired) electrons. The number of carbonyl (C=O) groups is 4. The summed E-state index contributed by atoms with van der Waals surface area (Å²) < 4.78 is 16.3. The smallest absolute Gasteiger partial charge is 0.320 e. The van der Waals surface area contributed by atoms with Crippen LogP contribution in [-0.2, 0) is 40.0 Å². The number of carbonyl (C=O) groups excluding carboxylic acids is 4. The lowest BCUT2D eigenvalue weighted by atomic mass is 10.1. The van der Waals surface area contributed by atoms with Gasteiger partial charge in [0.2, 0.25) is 5.91 Å². The number of amides is 1. The Hall–Kier alpha value is -2.94. The molecule has 37 heavy (non-hydrogen) atoms. The van der Waals surface area contributed by atoms with Gasteiger partial charge in [0.25, 0.3) is 0 Å². The molecule has 1 amide bonds. The van der Waals surface area contributed by atoms with Gasteiger partial charge in [-0.1, -0.05) is 30.3 Å². The molecule has 1 atom stereocenters. The standard InChI is InChI=1S/C28H40N2O7/c1-27(2,3)37-25(33)18-29-15-16-30(17-22(29)20-36-26(34)28(4)13-14-28)23(31)11-8-12-24(32)35-19-21-9-6-5-7-10-21/h5-7,9-10,22H,8,11-20H2,1-4H3. The van der Waals surface area contributed by atoms with Crippen molar-refractivity contribution in [1.82, 2.24) is 9.80 Å². The molecule has 0 aromatic heterocycles. The van der Waals surface area contributed by atoms with Gasteiger partial charge in [0.05, 0.1) is 18.0 Å². The van der Waals surface area contributed by atoms with Crippen LogP contribution in [0, 0.1) is 5.41 Å². The van der Waals surface area contributed by atoms with Crippen LogP contribution >= 0.6 is 0 Å². The molecule has 1 saturated heterocycles. The quantitative estimate of drug-likeness (QED) is 0.327. The minimum absolute atomic E-state index is 0.0615. The first-order valence-corrected chi connectivity index (χ1v) is 13.1. The lowest BCUT2D eigenvalue weighted by Gasteiger charge is -2.41. The molecule has 0 N–H and O–H groups in total. The van der Waals surface area contributed by atoms with Crippen LogP contribution in [0.5, 0.6) is 0 Å². The van der Waals surface area contributed by atoms with E-state index in [-0.39, 0.29) is 62.5 Å². The van der Waals surface area contributed by atoms with E-state index in [2.05, 4.69) is 0 Å². The molecule has 1 aliphatic carbocycles. The maximum absolute atomic E-state index is 12.9. The number of ether oxygens (including phenoxy) is 3. The summed E-state index contributed by atoms with van der Waals surface area (Å²) in [4.78, 5) is 53.4. The van der Waals surface area contributed by atoms with E-state index in [0.717, 1.165) is 18.4 Å². The Morgan fingerprint density at radius 2 is 1.68 bits per heavy atom. The Morgan fingerprint density at radius 1 is 0.973 bits per heavy atom. The van der Waals surface area contributed by atoms with Crippen LogP contribution in [0.1, 0.15) is 65.4 Å². The van der Waals surface area contributed by atoms with Gasteiger partial charge in [-0.2, -0.15) is 0 Å². The van der Waals surface area contributed by atoms with E-state index in [0.29, 0.717) is 26.1 Å². The fourth-order valence-corrected chi connectivity index (χ4v) is 4.12. The van der Waals surface area contributed by atoms with Crippen molar-refractivity contribution in [2.24, 2.45) is 5.41 Å². The molecule has 1 aromatic carbocycles. The topological polar surface area (TPSA) is 102 Å². The summed E-state index contributed by atoms with van der Waals surface area (Å²) in [5.74, 6) is -0.996. The average Bonchev–Trinajstić information content (AvgIpc) is 3.59. The normalized spacial score (nSPS) is 19.1. The van der Waals surface area contributed by atoms with Gasteiger partial charge in [-0.05, 0) is 52.5 Å². The van der Waals surface area contributed by atoms with Gasteiger partial charge in [-0.3, -0.25) is 24.1 Å². The molecule has 2 fully saturated rings. The first kappa shape index (κ1) is 28.6. The van der Waals surface area contributed by atoms with Crippen LogP contribution in [0.15, 0.2) is 30.3 Å². The van der Waals surface area contributed by atoms with Crippen molar-refractivity contribution in [2.75, 3.05) is 32.8 Å². The molecule has 3 rings (SSSR count). The third-order valence-corrected chi connectivity index (χ3v) is 6.62. The highest BCUT2D eigenvalue weighted by Crippen LogP contribution is 2.46. The number of hydrogen-bond acceptors (Lipinski definition) is 8. The van der Waals surface area contributed by atoms with Crippen molar-refractivity contribution in [1.29, 1.82) is 0 Å². The molecule has 1 aromatic rings. The summed E-state index contributed by atoms with van der Waals surface area (Å²) in [7, 11) is 0. The number of hydrogen-bond donors (Lipinski definition) is 0. The Balaban J connectivity index is 1.48. The summed E-state index contributed by atoms with van der Waals surface area (Å²) in [6.45, 7) is 8.95. The Bertz CT molecular complexity index is 953. The molecule has 1 aliphatic heterocycles. The molecule has 1 unspecified atom stereocenters. The third kappa shape index (κ3) is 9.46. The largest absolute Gasteiger partial charge is 0.464 e. The Kier molecular flexibility index (Phi) is 9.70. The minimum Gasteiger partial charge on any atom is -0.464 e. The fraction of sp³-hybridized carbons (Fsp3) is 0.643. The third-order valence-electron chi connectivity index (χ3n) is 6.62. The van der Waals surface area contributed by atoms with Crippen molar-refractivity contribution in [2.45, 2.75) is 78.0 Å². The van der Waals surface area contributed by atoms with Gasteiger partial charge >= 0.3 is 17.9 Å². The van der Waals surface area contributed by atoms with E-state index in [1.165, 1.54) is 0 Å². The second kappa shape index (κ2) is 12.5. The predicted molar refractivity (Wildman–Crippen MR) is 136 cm³/mol. The van der Waals surface area contributed by atoms with Gasteiger partial charge in [-0.25, -0.2) is 0 Å². The van der Waals surface area contributed by atoms with Crippen molar-refractivity contribution in [3.63, 3.8) is 0 Å². The summed E-state index contributed by atoms with van der Waals surface area (Å²) >= 11 is 0. The van der Waals surface area contributed by atoms with Gasteiger partial charge in [-0.15, -0.1) is 0 Å². The van der Waals surface area contributed by atoms with E-state index in [1.807, 2.05) is 62.9 Å². The Morgan fingerprint density at radius 3 is 2.32 bits per heavy atom. The van der Waals surface area contributed by atoms with Crippen LogP contribution in [-0.4, -0.2) is 78.0 Å². The SMILES string of the molecule is CC(C)(C)OC(=O)CN1CCN(C(=O)CCCC(=O)OCc2ccccc2)CC1COC(=O)C1(C)CC1. The maximum Gasteiger partial charge on any atom is 0.320 e. The number of nitrogens with zero attached hydrogens (tertiary/aromatic N) is 2. The van der Waals surface area contributed by atoms with Crippen LogP contribution < -0.4 is 0 Å². The molecule has 9 heteroatoms. The number of piperazine rings is 1. The fourth-order valence-electron chi connectivity index (χ4n) is 4.12. The summed E-state index contributed by atoms with van der Waals surface area (Å²) in [6.07, 6.45) is 2.41. The lowest BCUT2D eigenvalue weighted by Crippen LogP contribution is -2.58. The number of benzene rings is 1. The highest BCUT2D eigenvalue weighted by molar-refractivity contribution is 5.79. The van der Waals surface area contributed by atoms with E-state index in [9.17, 15) is 19.2 Å². The molecule has 2 aliphatic rings. The molecule has 0 bridgehead atoms. The summed E-state index contributed by atoms with van der Waals surface area (Å²) in [5, 5.41) is 0. The van der Waals surface area contributed by atoms with E-state index in [4.69, 9.17) is 14.2 Å². The van der Waals surface area contributed by atoms with Crippen molar-refractivity contribution < 1.29 is 33.4 Å². The minimum atomic E-state index is -0.598. The number of rotatable bonds is 11. The molecule has 0 spiro atoms. The van der Waals surface area contributed by atoms with E-state index >= 15 is 0 Å². The van der Waals surface area contributed by atoms with Crippen molar-refractivity contribution in [3.05, 3.63) is 35.9 Å². The summed E-state index contributed by atoms with van der Waals surface area (Å²) in [6, 6.07) is 9.13. The van der Waals surface area contributed by atoms with Crippen molar-refractivity contribution in [3.8, 4) is 0 Å². The highest BCUT2D eigenvalue weighted by Gasteiger charge is 2.47. The molecular formula is C28H40N2O7. The van der Waals surface area contributed by atoms with Crippen LogP contribution in [0.3, 0.4) is 0 Å². The highest BCUT2D eigenvalue weighted by atomic mass is 16.6. The maximum atomic E-state index is 12.9. The van der Waals surface area contributed by atoms with E-state index in [1.54, 1.807) is 4.90 Å². The molecule has 9 nitrogen and oxygen atoms in total. The second-order valence-electron chi connectivity index (χ2n) is 11.2. The first-order chi connectivity index (χ1) is 17.4. The molecule has 1 saturated carbocycles. The Labute approximate surface area is 219 Å². The van der Waals surface area contributed by atoms with Crippen LogP contribution in [0.4, 0.5) is 0 Å². The zero-order valence-electron chi connectivity index (χ0n) is 22.5. The first-order valence-electron chi connectivity index (χ1n) is 13.1. The summed E-state index contributed by atoms with van der Waals surface area (Å²) in [5.41, 5.74) is -0.0897. The molecule has 1 heterocycles. The monoisotopic (exact) mass is 516 g/mol. The zero-order valence-corrected chi connectivity index (χ0v) is 22.5. The van der Waals surface area contributed by atoms with Crippen LogP contribution in [0.25, 0.3) is 0 Å². The second-order valence-corrected chi connectivity index (χ2v) is 11.2. The average molecular weight is 517 g/mol. The number of esters is 3. The van der Waals surface area contributed by atoms with Gasteiger partial charge in [0.15, 0.2) is 0 Å². The predicted octanol–water partition coefficient (Wildman–Crippen LogP) is 3.10. The zero-order chi connectivity index (χ0) is 27.1. The van der Waals surface area contributed by atoms with E-state index < -0.39 is 11.0 Å². The van der Waals surface area contributed by atoms with Crippen LogP contribution in [0.2, 0.25) is 0 Å². The van der Waals surface area contributed by atoms with Gasteiger partial charge in [0.1, 0.15) is 18.8 Å². The van der Waals surface area contributed by atoms with Gasteiger partial charge < -0.3 is 19.1 Å². The van der Waals surface area contributed by atoms with Crippen molar-refractivity contribution >= 4 is 23.8 Å². The molecular weight excluding hydrogens is 476 g/mol. The lowest BCUT2D eigenvalue weighted by molar-refractivity contribution is -0.159.